The third-order valence-corrected chi connectivity index (χ3v) is 1.93. The van der Waals surface area contributed by atoms with Crippen LogP contribution >= 0.6 is 0 Å². The quantitative estimate of drug-likeness (QED) is 0.723. The highest BCUT2D eigenvalue weighted by atomic mass is 19.4. The van der Waals surface area contributed by atoms with Gasteiger partial charge in [0.15, 0.2) is 5.60 Å². The van der Waals surface area contributed by atoms with Crippen molar-refractivity contribution in [1.29, 1.82) is 0 Å². The molecule has 0 aromatic carbocycles. The average Bonchev–Trinajstić information content (AvgIpc) is 1.99. The SMILES string of the molecule is COCC(O)CCC(C)(O)C(F)(F)F. The lowest BCUT2D eigenvalue weighted by Gasteiger charge is -2.26. The van der Waals surface area contributed by atoms with Crippen LogP contribution in [0.2, 0.25) is 0 Å². The Kier molecular flexibility index (Phi) is 4.83. The molecule has 0 aromatic rings. The van der Waals surface area contributed by atoms with E-state index in [1.807, 2.05) is 0 Å². The predicted octanol–water partition coefficient (Wildman–Crippen LogP) is 1.09. The fourth-order valence-corrected chi connectivity index (χ4v) is 0.865. The minimum Gasteiger partial charge on any atom is -0.391 e. The summed E-state index contributed by atoms with van der Waals surface area (Å²) >= 11 is 0. The molecule has 14 heavy (non-hydrogen) atoms. The molecule has 3 nitrogen and oxygen atoms in total. The molecule has 2 N–H and O–H groups in total. The van der Waals surface area contributed by atoms with Crippen molar-refractivity contribution in [2.75, 3.05) is 13.7 Å². The number of halogens is 3. The monoisotopic (exact) mass is 216 g/mol. The molecular weight excluding hydrogens is 201 g/mol. The van der Waals surface area contributed by atoms with Crippen LogP contribution < -0.4 is 0 Å². The third kappa shape index (κ3) is 4.26. The van der Waals surface area contributed by atoms with E-state index < -0.39 is 24.3 Å². The summed E-state index contributed by atoms with van der Waals surface area (Å²) in [5.74, 6) is 0. The maximum Gasteiger partial charge on any atom is 0.416 e. The number of aliphatic hydroxyl groups excluding tert-OH is 1. The minimum absolute atomic E-state index is 0.0338. The number of aliphatic hydroxyl groups is 2. The molecule has 0 aliphatic rings. The van der Waals surface area contributed by atoms with E-state index in [0.29, 0.717) is 6.92 Å². The van der Waals surface area contributed by atoms with Crippen LogP contribution in [-0.2, 0) is 4.74 Å². The van der Waals surface area contributed by atoms with Gasteiger partial charge in [0.25, 0.3) is 0 Å². The first-order valence-corrected chi connectivity index (χ1v) is 4.17. The molecule has 0 saturated heterocycles. The van der Waals surface area contributed by atoms with Crippen LogP contribution in [0.5, 0.6) is 0 Å². The van der Waals surface area contributed by atoms with Crippen molar-refractivity contribution in [2.24, 2.45) is 0 Å². The first kappa shape index (κ1) is 13.7. The van der Waals surface area contributed by atoms with E-state index >= 15 is 0 Å². The lowest BCUT2D eigenvalue weighted by atomic mass is 9.98. The molecule has 2 atom stereocenters. The summed E-state index contributed by atoms with van der Waals surface area (Å²) < 4.78 is 40.9. The summed E-state index contributed by atoms with van der Waals surface area (Å²) in [5, 5.41) is 18.1. The highest BCUT2D eigenvalue weighted by Gasteiger charge is 2.49. The lowest BCUT2D eigenvalue weighted by Crippen LogP contribution is -2.42. The molecule has 0 heterocycles. The third-order valence-electron chi connectivity index (χ3n) is 1.93. The van der Waals surface area contributed by atoms with Crippen LogP contribution in [0.4, 0.5) is 13.2 Å². The van der Waals surface area contributed by atoms with Crippen molar-refractivity contribution in [3.8, 4) is 0 Å². The van der Waals surface area contributed by atoms with Crippen LogP contribution in [0, 0.1) is 0 Å². The van der Waals surface area contributed by atoms with Crippen molar-refractivity contribution < 1.29 is 28.1 Å². The van der Waals surface area contributed by atoms with Gasteiger partial charge in [-0.25, -0.2) is 0 Å². The molecule has 0 amide bonds. The number of hydrogen-bond donors (Lipinski definition) is 2. The van der Waals surface area contributed by atoms with E-state index in [2.05, 4.69) is 4.74 Å². The van der Waals surface area contributed by atoms with Gasteiger partial charge in [-0.3, -0.25) is 0 Å². The molecule has 86 valence electrons. The lowest BCUT2D eigenvalue weighted by molar-refractivity contribution is -0.256. The maximum absolute atomic E-state index is 12.1. The Labute approximate surface area is 80.5 Å². The van der Waals surface area contributed by atoms with Gasteiger partial charge >= 0.3 is 6.18 Å². The van der Waals surface area contributed by atoms with E-state index in [1.165, 1.54) is 7.11 Å². The van der Waals surface area contributed by atoms with Crippen molar-refractivity contribution in [1.82, 2.24) is 0 Å². The smallest absolute Gasteiger partial charge is 0.391 e. The van der Waals surface area contributed by atoms with Crippen LogP contribution in [0.3, 0.4) is 0 Å². The number of methoxy groups -OCH3 is 1. The molecule has 0 rings (SSSR count). The van der Waals surface area contributed by atoms with Gasteiger partial charge < -0.3 is 14.9 Å². The van der Waals surface area contributed by atoms with Gasteiger partial charge in [-0.1, -0.05) is 0 Å². The predicted molar refractivity (Wildman–Crippen MR) is 43.8 cm³/mol. The van der Waals surface area contributed by atoms with Gasteiger partial charge in [-0.2, -0.15) is 13.2 Å². The minimum atomic E-state index is -4.67. The first-order valence-electron chi connectivity index (χ1n) is 4.17. The number of rotatable bonds is 5. The summed E-state index contributed by atoms with van der Waals surface area (Å²) in [6, 6.07) is 0. The van der Waals surface area contributed by atoms with Crippen LogP contribution in [0.15, 0.2) is 0 Å². The van der Waals surface area contributed by atoms with E-state index in [9.17, 15) is 13.2 Å². The van der Waals surface area contributed by atoms with Crippen molar-refractivity contribution in [2.45, 2.75) is 37.6 Å². The van der Waals surface area contributed by atoms with E-state index in [1.54, 1.807) is 0 Å². The van der Waals surface area contributed by atoms with E-state index in [0.717, 1.165) is 0 Å². The van der Waals surface area contributed by atoms with Crippen molar-refractivity contribution in [3.05, 3.63) is 0 Å². The van der Waals surface area contributed by atoms with Gasteiger partial charge in [-0.05, 0) is 19.8 Å². The largest absolute Gasteiger partial charge is 0.416 e. The Morgan fingerprint density at radius 3 is 2.21 bits per heavy atom. The van der Waals surface area contributed by atoms with Gasteiger partial charge in [-0.15, -0.1) is 0 Å². The first-order chi connectivity index (χ1) is 6.20. The van der Waals surface area contributed by atoms with Crippen LogP contribution in [0.1, 0.15) is 19.8 Å². The molecule has 0 bridgehead atoms. The molecule has 0 aliphatic heterocycles. The standard InChI is InChI=1S/C8H15F3O3/c1-7(13,8(9,10)11)4-3-6(12)5-14-2/h6,12-13H,3-5H2,1-2H3. The van der Waals surface area contributed by atoms with Crippen molar-refractivity contribution >= 4 is 0 Å². The molecule has 0 saturated carbocycles. The highest BCUT2D eigenvalue weighted by Crippen LogP contribution is 2.33. The average molecular weight is 216 g/mol. The maximum atomic E-state index is 12.1. The normalized spacial score (nSPS) is 19.1. The Hall–Kier alpha value is -0.330. The fourth-order valence-electron chi connectivity index (χ4n) is 0.865. The molecular formula is C8H15F3O3. The molecule has 0 aliphatic carbocycles. The Bertz CT molecular complexity index is 168. The Balaban J connectivity index is 3.99. The zero-order valence-electron chi connectivity index (χ0n) is 8.14. The molecule has 0 radical (unpaired) electrons. The Morgan fingerprint density at radius 2 is 1.86 bits per heavy atom. The van der Waals surface area contributed by atoms with E-state index in [4.69, 9.17) is 10.2 Å². The Morgan fingerprint density at radius 1 is 1.36 bits per heavy atom. The highest BCUT2D eigenvalue weighted by molar-refractivity contribution is 4.82. The zero-order valence-corrected chi connectivity index (χ0v) is 8.14. The summed E-state index contributed by atoms with van der Waals surface area (Å²) in [6.45, 7) is 0.653. The topological polar surface area (TPSA) is 49.7 Å². The second-order valence-corrected chi connectivity index (χ2v) is 3.42. The summed E-state index contributed by atoms with van der Waals surface area (Å²) in [4.78, 5) is 0. The summed E-state index contributed by atoms with van der Waals surface area (Å²) in [6.07, 6.45) is -6.34. The number of ether oxygens (including phenoxy) is 1. The fraction of sp³-hybridized carbons (Fsp3) is 1.00. The second-order valence-electron chi connectivity index (χ2n) is 3.42. The number of hydrogen-bond acceptors (Lipinski definition) is 3. The van der Waals surface area contributed by atoms with Gasteiger partial charge in [0, 0.05) is 7.11 Å². The second kappa shape index (κ2) is 4.95. The molecule has 6 heteroatoms. The van der Waals surface area contributed by atoms with Crippen LogP contribution in [-0.4, -0.2) is 41.8 Å². The van der Waals surface area contributed by atoms with Crippen LogP contribution in [0.25, 0.3) is 0 Å². The molecule has 0 spiro atoms. The summed E-state index contributed by atoms with van der Waals surface area (Å²) in [7, 11) is 1.34. The zero-order chi connectivity index (χ0) is 11.4. The molecule has 0 fully saturated rings. The molecule has 0 aromatic heterocycles. The molecule has 2 unspecified atom stereocenters. The van der Waals surface area contributed by atoms with Gasteiger partial charge in [0.1, 0.15) is 0 Å². The van der Waals surface area contributed by atoms with E-state index in [-0.39, 0.29) is 13.0 Å². The van der Waals surface area contributed by atoms with Gasteiger partial charge in [0.2, 0.25) is 0 Å². The van der Waals surface area contributed by atoms with Gasteiger partial charge in [0.05, 0.1) is 12.7 Å². The van der Waals surface area contributed by atoms with Crippen molar-refractivity contribution in [3.63, 3.8) is 0 Å². The summed E-state index contributed by atoms with van der Waals surface area (Å²) in [5.41, 5.74) is -2.75. The number of alkyl halides is 3.